The summed E-state index contributed by atoms with van der Waals surface area (Å²) in [4.78, 5) is 24.9. The van der Waals surface area contributed by atoms with Gasteiger partial charge in [0, 0.05) is 48.6 Å². The summed E-state index contributed by atoms with van der Waals surface area (Å²) in [5, 5.41) is 12.4. The molecule has 2 aliphatic heterocycles. The van der Waals surface area contributed by atoms with Crippen molar-refractivity contribution in [3.05, 3.63) is 0 Å². The molecular formula is C11H18N2O3S2. The van der Waals surface area contributed by atoms with Crippen molar-refractivity contribution >= 4 is 35.4 Å². The molecule has 2 heterocycles. The van der Waals surface area contributed by atoms with Gasteiger partial charge in [-0.2, -0.15) is 23.5 Å². The fraction of sp³-hybridized carbons (Fsp3) is 0.818. The van der Waals surface area contributed by atoms with Gasteiger partial charge in [0.2, 0.25) is 5.91 Å². The fourth-order valence-electron chi connectivity index (χ4n) is 2.19. The van der Waals surface area contributed by atoms with Crippen molar-refractivity contribution in [2.24, 2.45) is 0 Å². The molecule has 2 unspecified atom stereocenters. The van der Waals surface area contributed by atoms with Crippen LogP contribution in [-0.2, 0) is 9.59 Å². The van der Waals surface area contributed by atoms with E-state index in [1.807, 2.05) is 11.8 Å². The van der Waals surface area contributed by atoms with E-state index >= 15 is 0 Å². The van der Waals surface area contributed by atoms with Crippen molar-refractivity contribution < 1.29 is 14.7 Å². The highest BCUT2D eigenvalue weighted by Gasteiger charge is 2.33. The Morgan fingerprint density at radius 1 is 1.28 bits per heavy atom. The van der Waals surface area contributed by atoms with Crippen LogP contribution in [0.15, 0.2) is 0 Å². The molecule has 0 aromatic heterocycles. The van der Waals surface area contributed by atoms with Gasteiger partial charge in [-0.05, 0) is 0 Å². The largest absolute Gasteiger partial charge is 0.480 e. The lowest BCUT2D eigenvalue weighted by atomic mass is 10.1. The number of hydrogen-bond acceptors (Lipinski definition) is 5. The molecule has 2 aliphatic rings. The Morgan fingerprint density at radius 3 is 2.72 bits per heavy atom. The summed E-state index contributed by atoms with van der Waals surface area (Å²) in [6, 6.07) is -0.451. The number of thioether (sulfide) groups is 2. The van der Waals surface area contributed by atoms with E-state index in [-0.39, 0.29) is 11.9 Å². The first kappa shape index (κ1) is 14.0. The summed E-state index contributed by atoms with van der Waals surface area (Å²) in [5.74, 6) is 2.45. The number of nitrogens with one attached hydrogen (secondary N) is 1. The highest BCUT2D eigenvalue weighted by Crippen LogP contribution is 2.19. The number of aliphatic carboxylic acids is 1. The molecule has 18 heavy (non-hydrogen) atoms. The van der Waals surface area contributed by atoms with Gasteiger partial charge in [-0.25, -0.2) is 4.79 Å². The average Bonchev–Trinajstić information content (AvgIpc) is 2.40. The molecule has 1 amide bonds. The molecule has 0 spiro atoms. The van der Waals surface area contributed by atoms with Crippen molar-refractivity contribution in [3.63, 3.8) is 0 Å². The van der Waals surface area contributed by atoms with Crippen LogP contribution in [-0.4, -0.2) is 70.1 Å². The van der Waals surface area contributed by atoms with Gasteiger partial charge in [0.05, 0.1) is 0 Å². The molecule has 2 saturated heterocycles. The summed E-state index contributed by atoms with van der Waals surface area (Å²) in [5.41, 5.74) is 0. The normalized spacial score (nSPS) is 29.0. The summed E-state index contributed by atoms with van der Waals surface area (Å²) < 4.78 is 0. The molecule has 5 nitrogen and oxygen atoms in total. The van der Waals surface area contributed by atoms with Crippen LogP contribution < -0.4 is 5.32 Å². The van der Waals surface area contributed by atoms with Crippen molar-refractivity contribution in [1.29, 1.82) is 0 Å². The minimum Gasteiger partial charge on any atom is -0.480 e. The summed E-state index contributed by atoms with van der Waals surface area (Å²) in [6.45, 7) is 1.49. The second kappa shape index (κ2) is 6.68. The van der Waals surface area contributed by atoms with Crippen LogP contribution in [0.5, 0.6) is 0 Å². The minimum absolute atomic E-state index is 0.0253. The second-order valence-electron chi connectivity index (χ2n) is 4.45. The lowest BCUT2D eigenvalue weighted by Gasteiger charge is -2.34. The maximum atomic E-state index is 12.2. The van der Waals surface area contributed by atoms with Crippen LogP contribution >= 0.6 is 23.5 Å². The molecule has 102 valence electrons. The minimum atomic E-state index is -0.887. The Kier molecular flexibility index (Phi) is 5.20. The molecule has 0 aromatic carbocycles. The zero-order chi connectivity index (χ0) is 13.0. The number of nitrogens with zero attached hydrogens (tertiary/aromatic N) is 1. The van der Waals surface area contributed by atoms with E-state index in [1.165, 1.54) is 0 Å². The number of rotatable bonds is 3. The van der Waals surface area contributed by atoms with E-state index in [0.717, 1.165) is 23.8 Å². The van der Waals surface area contributed by atoms with Gasteiger partial charge in [0.1, 0.15) is 6.04 Å². The van der Waals surface area contributed by atoms with Gasteiger partial charge in [-0.3, -0.25) is 4.79 Å². The van der Waals surface area contributed by atoms with Gasteiger partial charge < -0.3 is 15.3 Å². The fourth-order valence-corrected chi connectivity index (χ4v) is 4.17. The van der Waals surface area contributed by atoms with E-state index < -0.39 is 12.0 Å². The average molecular weight is 290 g/mol. The molecule has 7 heteroatoms. The zero-order valence-electron chi connectivity index (χ0n) is 10.1. The van der Waals surface area contributed by atoms with E-state index in [1.54, 1.807) is 16.7 Å². The van der Waals surface area contributed by atoms with Crippen LogP contribution in [0.4, 0.5) is 0 Å². The third-order valence-corrected chi connectivity index (χ3v) is 5.31. The van der Waals surface area contributed by atoms with Crippen molar-refractivity contribution in [1.82, 2.24) is 10.2 Å². The first-order valence-electron chi connectivity index (χ1n) is 6.09. The molecule has 0 radical (unpaired) electrons. The lowest BCUT2D eigenvalue weighted by Crippen LogP contribution is -2.52. The maximum absolute atomic E-state index is 12.2. The number of amides is 1. The maximum Gasteiger partial charge on any atom is 0.327 e. The Bertz CT molecular complexity index is 321. The topological polar surface area (TPSA) is 69.6 Å². The highest BCUT2D eigenvalue weighted by molar-refractivity contribution is 7.99. The smallest absolute Gasteiger partial charge is 0.327 e. The number of carboxylic acids is 1. The van der Waals surface area contributed by atoms with Crippen LogP contribution in [0.3, 0.4) is 0 Å². The second-order valence-corrected chi connectivity index (χ2v) is 6.75. The van der Waals surface area contributed by atoms with Gasteiger partial charge in [0.25, 0.3) is 0 Å². The lowest BCUT2D eigenvalue weighted by molar-refractivity contribution is -0.149. The summed E-state index contributed by atoms with van der Waals surface area (Å²) in [6.07, 6.45) is 0.418. The SMILES string of the molecule is O=C(O)C1CSCCN1C(=O)CC1CSCCN1. The zero-order valence-corrected chi connectivity index (χ0v) is 11.8. The van der Waals surface area contributed by atoms with E-state index in [9.17, 15) is 9.59 Å². The Hall–Kier alpha value is -0.400. The molecule has 2 N–H and O–H groups in total. The van der Waals surface area contributed by atoms with Gasteiger partial charge >= 0.3 is 5.97 Å². The van der Waals surface area contributed by atoms with Gasteiger partial charge in [-0.15, -0.1) is 0 Å². The summed E-state index contributed by atoms with van der Waals surface area (Å²) in [7, 11) is 0. The Balaban J connectivity index is 1.91. The van der Waals surface area contributed by atoms with Crippen molar-refractivity contribution in [3.8, 4) is 0 Å². The van der Waals surface area contributed by atoms with Crippen LogP contribution in [0.1, 0.15) is 6.42 Å². The molecular weight excluding hydrogens is 272 g/mol. The van der Waals surface area contributed by atoms with Crippen molar-refractivity contribution in [2.75, 3.05) is 36.1 Å². The molecule has 2 fully saturated rings. The van der Waals surface area contributed by atoms with Crippen LogP contribution in [0.2, 0.25) is 0 Å². The van der Waals surface area contributed by atoms with Gasteiger partial charge in [-0.1, -0.05) is 0 Å². The predicted molar refractivity (Wildman–Crippen MR) is 74.2 cm³/mol. The van der Waals surface area contributed by atoms with Crippen LogP contribution in [0.25, 0.3) is 0 Å². The third kappa shape index (κ3) is 3.55. The monoisotopic (exact) mass is 290 g/mol. The highest BCUT2D eigenvalue weighted by atomic mass is 32.2. The van der Waals surface area contributed by atoms with E-state index in [4.69, 9.17) is 5.11 Å². The van der Waals surface area contributed by atoms with Crippen LogP contribution in [0, 0.1) is 0 Å². The number of carbonyl (C=O) groups excluding carboxylic acids is 1. The Morgan fingerprint density at radius 2 is 2.06 bits per heavy atom. The van der Waals surface area contributed by atoms with Gasteiger partial charge in [0.15, 0.2) is 0 Å². The first-order chi connectivity index (χ1) is 8.68. The molecule has 0 aromatic rings. The quantitative estimate of drug-likeness (QED) is 0.769. The summed E-state index contributed by atoms with van der Waals surface area (Å²) >= 11 is 3.45. The molecule has 0 saturated carbocycles. The van der Waals surface area contributed by atoms with Crippen molar-refractivity contribution in [2.45, 2.75) is 18.5 Å². The van der Waals surface area contributed by atoms with E-state index in [0.29, 0.717) is 18.7 Å². The number of hydrogen-bond donors (Lipinski definition) is 2. The standard InChI is InChI=1S/C11H18N2O3S2/c14-10(5-8-6-17-3-1-12-8)13-2-4-18-7-9(13)11(15)16/h8-9,12H,1-7H2,(H,15,16). The number of carbonyl (C=O) groups is 2. The molecule has 0 aliphatic carbocycles. The van der Waals surface area contributed by atoms with E-state index in [2.05, 4.69) is 5.32 Å². The number of carboxylic acid groups (broad SMARTS) is 1. The first-order valence-corrected chi connectivity index (χ1v) is 8.40. The predicted octanol–water partition coefficient (Wildman–Crippen LogP) is 0.110. The Labute approximate surface area is 115 Å². The molecule has 0 bridgehead atoms. The molecule has 2 rings (SSSR count). The third-order valence-electron chi connectivity index (χ3n) is 3.15. The molecule has 2 atom stereocenters.